The summed E-state index contributed by atoms with van der Waals surface area (Å²) in [4.78, 5) is 15.0. The zero-order valence-corrected chi connectivity index (χ0v) is 16.6. The Morgan fingerprint density at radius 1 is 1.07 bits per heavy atom. The van der Waals surface area contributed by atoms with Crippen molar-refractivity contribution in [2.75, 3.05) is 32.8 Å². The smallest absolute Gasteiger partial charge is 0.224 e. The topological polar surface area (TPSA) is 41.6 Å². The first-order chi connectivity index (χ1) is 13.0. The number of morpholine rings is 1. The molecule has 0 spiro atoms. The van der Waals surface area contributed by atoms with Gasteiger partial charge in [-0.25, -0.2) is 0 Å². The maximum Gasteiger partial charge on any atom is 0.224 e. The van der Waals surface area contributed by atoms with Crippen molar-refractivity contribution in [3.8, 4) is 0 Å². The van der Waals surface area contributed by atoms with Crippen LogP contribution in [0.2, 0.25) is 0 Å². The van der Waals surface area contributed by atoms with Crippen LogP contribution in [0.4, 0.5) is 0 Å². The molecule has 0 aliphatic carbocycles. The van der Waals surface area contributed by atoms with Gasteiger partial charge in [-0.05, 0) is 37.5 Å². The molecule has 0 saturated carbocycles. The van der Waals surface area contributed by atoms with E-state index in [0.29, 0.717) is 13.0 Å². The van der Waals surface area contributed by atoms with Crippen LogP contribution in [-0.4, -0.2) is 43.7 Å². The fourth-order valence-electron chi connectivity index (χ4n) is 3.66. The van der Waals surface area contributed by atoms with Gasteiger partial charge in [0, 0.05) is 19.6 Å². The van der Waals surface area contributed by atoms with Crippen LogP contribution in [0.3, 0.4) is 0 Å². The molecule has 3 rings (SSSR count). The van der Waals surface area contributed by atoms with Crippen LogP contribution in [-0.2, 0) is 16.0 Å². The van der Waals surface area contributed by atoms with Gasteiger partial charge in [0.2, 0.25) is 5.91 Å². The Hall–Kier alpha value is -2.17. The Kier molecular flexibility index (Phi) is 6.64. The molecule has 1 fully saturated rings. The Morgan fingerprint density at radius 3 is 2.56 bits per heavy atom. The van der Waals surface area contributed by atoms with Gasteiger partial charge in [-0.2, -0.15) is 0 Å². The number of aryl methyl sites for hydroxylation is 3. The molecule has 0 radical (unpaired) electrons. The Balaban J connectivity index is 1.68. The molecule has 1 atom stereocenters. The summed E-state index contributed by atoms with van der Waals surface area (Å²) in [7, 11) is 0. The molecule has 1 amide bonds. The SMILES string of the molecule is Cc1cccc(C(CNC(=O)Cc2cc(C)ccc2C)N2CCOCC2)c1. The average molecular weight is 367 g/mol. The fraction of sp³-hybridized carbons (Fsp3) is 0.435. The molecule has 1 aliphatic heterocycles. The summed E-state index contributed by atoms with van der Waals surface area (Å²) in [6.45, 7) is 10.1. The summed E-state index contributed by atoms with van der Waals surface area (Å²) < 4.78 is 5.51. The predicted octanol–water partition coefficient (Wildman–Crippen LogP) is 3.34. The van der Waals surface area contributed by atoms with E-state index in [0.717, 1.165) is 31.9 Å². The van der Waals surface area contributed by atoms with Gasteiger partial charge in [-0.15, -0.1) is 0 Å². The quantitative estimate of drug-likeness (QED) is 0.852. The van der Waals surface area contributed by atoms with Gasteiger partial charge in [-0.3, -0.25) is 9.69 Å². The fourth-order valence-corrected chi connectivity index (χ4v) is 3.66. The lowest BCUT2D eigenvalue weighted by Gasteiger charge is -2.35. The van der Waals surface area contributed by atoms with Crippen molar-refractivity contribution in [3.05, 3.63) is 70.3 Å². The van der Waals surface area contributed by atoms with Crippen molar-refractivity contribution in [2.45, 2.75) is 33.2 Å². The predicted molar refractivity (Wildman–Crippen MR) is 109 cm³/mol. The molecule has 1 heterocycles. The molecule has 1 unspecified atom stereocenters. The minimum Gasteiger partial charge on any atom is -0.379 e. The lowest BCUT2D eigenvalue weighted by molar-refractivity contribution is -0.120. The van der Waals surface area contributed by atoms with Crippen LogP contribution in [0, 0.1) is 20.8 Å². The maximum atomic E-state index is 12.6. The zero-order chi connectivity index (χ0) is 19.2. The van der Waals surface area contributed by atoms with E-state index in [4.69, 9.17) is 4.74 Å². The first-order valence-electron chi connectivity index (χ1n) is 9.74. The molecule has 0 bridgehead atoms. The standard InChI is InChI=1S/C23H30N2O2/c1-17-5-4-6-20(13-17)22(25-9-11-27-12-10-25)16-24-23(26)15-21-14-18(2)7-8-19(21)3/h4-8,13-14,22H,9-12,15-16H2,1-3H3,(H,24,26). The molecule has 1 saturated heterocycles. The van der Waals surface area contributed by atoms with E-state index in [1.165, 1.54) is 22.3 Å². The highest BCUT2D eigenvalue weighted by molar-refractivity contribution is 5.79. The van der Waals surface area contributed by atoms with Crippen molar-refractivity contribution < 1.29 is 9.53 Å². The van der Waals surface area contributed by atoms with Crippen LogP contribution >= 0.6 is 0 Å². The van der Waals surface area contributed by atoms with Crippen LogP contribution in [0.5, 0.6) is 0 Å². The lowest BCUT2D eigenvalue weighted by atomic mass is 10.0. The summed E-state index contributed by atoms with van der Waals surface area (Å²) in [5.41, 5.74) is 5.95. The number of carbonyl (C=O) groups is 1. The molecule has 27 heavy (non-hydrogen) atoms. The van der Waals surface area contributed by atoms with E-state index in [1.54, 1.807) is 0 Å². The summed E-state index contributed by atoms with van der Waals surface area (Å²) in [5.74, 6) is 0.0783. The number of rotatable bonds is 6. The van der Waals surface area contributed by atoms with Gasteiger partial charge in [0.15, 0.2) is 0 Å². The van der Waals surface area contributed by atoms with Crippen LogP contribution < -0.4 is 5.32 Å². The van der Waals surface area contributed by atoms with Crippen molar-refractivity contribution in [2.24, 2.45) is 0 Å². The van der Waals surface area contributed by atoms with Crippen molar-refractivity contribution in [1.82, 2.24) is 10.2 Å². The van der Waals surface area contributed by atoms with Crippen LogP contribution in [0.25, 0.3) is 0 Å². The summed E-state index contributed by atoms with van der Waals surface area (Å²) >= 11 is 0. The molecule has 2 aromatic carbocycles. The second-order valence-electron chi connectivity index (χ2n) is 7.49. The number of ether oxygens (including phenoxy) is 1. The van der Waals surface area contributed by atoms with E-state index in [2.05, 4.69) is 73.5 Å². The van der Waals surface area contributed by atoms with Crippen LogP contribution in [0.15, 0.2) is 42.5 Å². The molecular weight excluding hydrogens is 336 g/mol. The minimum absolute atomic E-state index is 0.0783. The third-order valence-corrected chi connectivity index (χ3v) is 5.26. The highest BCUT2D eigenvalue weighted by atomic mass is 16.5. The highest BCUT2D eigenvalue weighted by Crippen LogP contribution is 2.22. The van der Waals surface area contributed by atoms with E-state index in [-0.39, 0.29) is 11.9 Å². The Labute approximate surface area is 162 Å². The van der Waals surface area contributed by atoms with Crippen molar-refractivity contribution in [1.29, 1.82) is 0 Å². The van der Waals surface area contributed by atoms with E-state index >= 15 is 0 Å². The molecule has 4 nitrogen and oxygen atoms in total. The van der Waals surface area contributed by atoms with Crippen LogP contribution in [0.1, 0.15) is 33.9 Å². The first-order valence-corrected chi connectivity index (χ1v) is 9.74. The summed E-state index contributed by atoms with van der Waals surface area (Å²) in [5, 5.41) is 3.17. The highest BCUT2D eigenvalue weighted by Gasteiger charge is 2.23. The molecule has 0 aromatic heterocycles. The van der Waals surface area contributed by atoms with Crippen molar-refractivity contribution >= 4 is 5.91 Å². The number of nitrogens with one attached hydrogen (secondary N) is 1. The van der Waals surface area contributed by atoms with Gasteiger partial charge in [-0.1, -0.05) is 53.6 Å². The molecular formula is C23H30N2O2. The monoisotopic (exact) mass is 366 g/mol. The normalized spacial score (nSPS) is 16.1. The zero-order valence-electron chi connectivity index (χ0n) is 16.6. The Morgan fingerprint density at radius 2 is 1.81 bits per heavy atom. The second-order valence-corrected chi connectivity index (χ2v) is 7.49. The third-order valence-electron chi connectivity index (χ3n) is 5.26. The van der Waals surface area contributed by atoms with Gasteiger partial charge >= 0.3 is 0 Å². The molecule has 4 heteroatoms. The summed E-state index contributed by atoms with van der Waals surface area (Å²) in [6, 6.07) is 15.0. The van der Waals surface area contributed by atoms with Gasteiger partial charge < -0.3 is 10.1 Å². The van der Waals surface area contributed by atoms with E-state index in [9.17, 15) is 4.79 Å². The molecule has 2 aromatic rings. The minimum atomic E-state index is 0.0783. The summed E-state index contributed by atoms with van der Waals surface area (Å²) in [6.07, 6.45) is 0.428. The molecule has 144 valence electrons. The number of nitrogens with zero attached hydrogens (tertiary/aromatic N) is 1. The number of hydrogen-bond donors (Lipinski definition) is 1. The number of benzene rings is 2. The maximum absolute atomic E-state index is 12.6. The van der Waals surface area contributed by atoms with Crippen molar-refractivity contribution in [3.63, 3.8) is 0 Å². The Bertz CT molecular complexity index is 782. The van der Waals surface area contributed by atoms with E-state index < -0.39 is 0 Å². The lowest BCUT2D eigenvalue weighted by Crippen LogP contribution is -2.44. The van der Waals surface area contributed by atoms with Gasteiger partial charge in [0.25, 0.3) is 0 Å². The second kappa shape index (κ2) is 9.16. The first kappa shape index (κ1) is 19.6. The largest absolute Gasteiger partial charge is 0.379 e. The van der Waals surface area contributed by atoms with E-state index in [1.807, 2.05) is 0 Å². The number of amides is 1. The number of hydrogen-bond acceptors (Lipinski definition) is 3. The third kappa shape index (κ3) is 5.41. The average Bonchev–Trinajstić information content (AvgIpc) is 2.66. The number of carbonyl (C=O) groups excluding carboxylic acids is 1. The van der Waals surface area contributed by atoms with Gasteiger partial charge in [0.05, 0.1) is 25.7 Å². The molecule has 1 N–H and O–H groups in total. The molecule has 1 aliphatic rings. The van der Waals surface area contributed by atoms with Gasteiger partial charge in [0.1, 0.15) is 0 Å².